The number of carboxylic acids is 1. The van der Waals surface area contributed by atoms with Crippen molar-refractivity contribution in [2.45, 2.75) is 240 Å². The van der Waals surface area contributed by atoms with Gasteiger partial charge in [-0.25, -0.2) is 4.79 Å². The smallest absolute Gasteiger partial charge is 0.341 e. The SMILES string of the molecule is CCC(C)(C)C(=O)C(=O)N1CCCC[C@H]1C(=O)C[C@H](CCc1ccc(C)c(C)c1)c1cccc(NC(=O)CCC(=O)NCCCCCC(=O)COc2cccc3c2C(=O)N(C2CCC(=O)NC2=O)C3=O)c1.CCC(C)(C)C(=O)C(=O)N1CCCC[C@H]1C(=O)C[C@H](CCc1ccc(C)c(C)c1)c1cccc(OCC(=O)O)c1. The molecule has 594 valence electrons. The van der Waals surface area contributed by atoms with Crippen LogP contribution in [-0.2, 0) is 70.4 Å². The van der Waals surface area contributed by atoms with Crippen LogP contribution >= 0.6 is 0 Å². The molecule has 9 rings (SSSR count). The van der Waals surface area contributed by atoms with Gasteiger partial charge in [0.05, 0.1) is 23.2 Å². The summed E-state index contributed by atoms with van der Waals surface area (Å²) >= 11 is 0. The number of imide groups is 2. The number of amides is 8. The Bertz CT molecular complexity index is 4310. The molecule has 4 heterocycles. The second-order valence-electron chi connectivity index (χ2n) is 31.3. The minimum Gasteiger partial charge on any atom is -0.485 e. The Morgan fingerprint density at radius 2 is 1.11 bits per heavy atom. The van der Waals surface area contributed by atoms with Gasteiger partial charge < -0.3 is 35.0 Å². The first-order valence-corrected chi connectivity index (χ1v) is 39.3. The number of carbonyl (C=O) groups is 14. The molecule has 1 unspecified atom stereocenters. The van der Waals surface area contributed by atoms with E-state index in [1.807, 2.05) is 44.2 Å². The number of ketones is 5. The van der Waals surface area contributed by atoms with Crippen LogP contribution in [0.2, 0.25) is 0 Å². The molecular formula is C88H110N6O17. The number of rotatable bonds is 37. The second kappa shape index (κ2) is 40.0. The second-order valence-corrected chi connectivity index (χ2v) is 31.3. The normalized spacial score (nSPS) is 17.0. The highest BCUT2D eigenvalue weighted by Gasteiger charge is 2.47. The molecule has 23 nitrogen and oxygen atoms in total. The molecule has 0 spiro atoms. The Kier molecular flexibility index (Phi) is 31.1. The molecule has 3 saturated heterocycles. The van der Waals surface area contributed by atoms with Gasteiger partial charge in [-0.05, 0) is 217 Å². The summed E-state index contributed by atoms with van der Waals surface area (Å²) < 4.78 is 11.1. The topological polar surface area (TPSA) is 323 Å². The lowest BCUT2D eigenvalue weighted by Gasteiger charge is -2.36. The lowest BCUT2D eigenvalue weighted by atomic mass is 9.82. The molecule has 0 aromatic heterocycles. The van der Waals surface area contributed by atoms with E-state index in [2.05, 4.69) is 80.0 Å². The first-order chi connectivity index (χ1) is 52.8. The maximum Gasteiger partial charge on any atom is 0.341 e. The number of unbranched alkanes of at least 4 members (excludes halogenated alkanes) is 2. The predicted molar refractivity (Wildman–Crippen MR) is 419 cm³/mol. The van der Waals surface area contributed by atoms with E-state index in [-0.39, 0.29) is 109 Å². The third-order valence-electron chi connectivity index (χ3n) is 22.4. The highest BCUT2D eigenvalue weighted by Crippen LogP contribution is 2.37. The number of ether oxygens (including phenoxy) is 2. The number of aryl methyl sites for hydroxylation is 6. The summed E-state index contributed by atoms with van der Waals surface area (Å²) in [6.45, 7) is 19.5. The molecule has 4 aliphatic rings. The number of hydrogen-bond acceptors (Lipinski definition) is 16. The van der Waals surface area contributed by atoms with E-state index >= 15 is 0 Å². The van der Waals surface area contributed by atoms with Gasteiger partial charge >= 0.3 is 5.97 Å². The van der Waals surface area contributed by atoms with Gasteiger partial charge in [-0.1, -0.05) is 115 Å². The fourth-order valence-corrected chi connectivity index (χ4v) is 14.4. The minimum absolute atomic E-state index is 0.00684. The van der Waals surface area contributed by atoms with Gasteiger partial charge in [0.15, 0.2) is 24.0 Å². The lowest BCUT2D eigenvalue weighted by molar-refractivity contribution is -0.153. The fraction of sp³-hybridized carbons (Fsp3) is 0.500. The summed E-state index contributed by atoms with van der Waals surface area (Å²) in [5.41, 5.74) is 7.84. The number of carboxylic acid groups (broad SMARTS) is 1. The maximum atomic E-state index is 14.2. The first kappa shape index (κ1) is 86.3. The molecule has 4 aliphatic heterocycles. The zero-order valence-electron chi connectivity index (χ0n) is 66.1. The monoisotopic (exact) mass is 1520 g/mol. The van der Waals surface area contributed by atoms with Gasteiger partial charge in [-0.2, -0.15) is 0 Å². The summed E-state index contributed by atoms with van der Waals surface area (Å²) in [5, 5.41) is 16.9. The van der Waals surface area contributed by atoms with Crippen LogP contribution < -0.4 is 25.4 Å². The fourth-order valence-electron chi connectivity index (χ4n) is 14.4. The minimum atomic E-state index is -1.12. The highest BCUT2D eigenvalue weighted by molar-refractivity contribution is 6.39. The van der Waals surface area contributed by atoms with Crippen LogP contribution in [0, 0.1) is 38.5 Å². The molecule has 4 N–H and O–H groups in total. The molecular weight excluding hydrogens is 1410 g/mol. The number of nitrogens with zero attached hydrogens (tertiary/aromatic N) is 3. The summed E-state index contributed by atoms with van der Waals surface area (Å²) in [7, 11) is 0. The average Bonchev–Trinajstić information content (AvgIpc) is 1.65. The van der Waals surface area contributed by atoms with Crippen LogP contribution in [0.1, 0.15) is 247 Å². The van der Waals surface area contributed by atoms with Crippen LogP contribution in [0.15, 0.2) is 103 Å². The molecule has 3 fully saturated rings. The van der Waals surface area contributed by atoms with Crippen molar-refractivity contribution in [3.8, 4) is 11.5 Å². The maximum absolute atomic E-state index is 14.2. The van der Waals surface area contributed by atoms with Gasteiger partial charge in [-0.3, -0.25) is 72.5 Å². The lowest BCUT2D eigenvalue weighted by Crippen LogP contribution is -2.54. The van der Waals surface area contributed by atoms with Crippen LogP contribution in [0.5, 0.6) is 11.5 Å². The van der Waals surface area contributed by atoms with E-state index in [9.17, 15) is 67.1 Å². The molecule has 0 radical (unpaired) electrons. The van der Waals surface area contributed by atoms with Gasteiger partial charge in [-0.15, -0.1) is 0 Å². The number of carbonyl (C=O) groups excluding carboxylic acids is 13. The van der Waals surface area contributed by atoms with Gasteiger partial charge in [0.2, 0.25) is 35.2 Å². The number of benzene rings is 5. The zero-order valence-corrected chi connectivity index (χ0v) is 66.1. The van der Waals surface area contributed by atoms with Crippen molar-refractivity contribution in [1.29, 1.82) is 0 Å². The van der Waals surface area contributed by atoms with Crippen molar-refractivity contribution in [3.05, 3.63) is 159 Å². The van der Waals surface area contributed by atoms with Crippen LogP contribution in [0.3, 0.4) is 0 Å². The molecule has 8 amide bonds. The Labute approximate surface area is 651 Å². The summed E-state index contributed by atoms with van der Waals surface area (Å²) in [5.74, 6) is -6.62. The number of nitrogens with one attached hydrogen (secondary N) is 3. The van der Waals surface area contributed by atoms with Gasteiger partial charge in [0.25, 0.3) is 23.6 Å². The number of anilines is 1. The van der Waals surface area contributed by atoms with E-state index in [1.165, 1.54) is 55.8 Å². The standard InChI is InChI=1S/C55H67N5O11.C33H43NO6/c1-6-55(4,5)50(66)54(70)59-29-11-9-18-42(59)44(62)32-38(23-22-36-21-20-34(2)35(3)30-36)37-14-12-15-39(31-37)57-47(64)27-26-46(63)56-28-10-7-8-16-40(61)33-71-45-19-13-17-41-49(45)53(69)60(52(41)68)43-24-25-48(65)58-51(43)67;1-6-33(4,5)31(38)32(39)34-17-8-7-12-28(34)29(35)20-26(16-15-24-14-13-22(2)23(3)18-24)25-10-9-11-27(19-25)40-21-30(36)37/h12-15,17,19-21,30-31,38,42-43H,6-11,16,18,22-29,32-33H2,1-5H3,(H,56,63)(H,57,64)(H,58,65,67);9-11,13-14,18-19,26,28H,6-8,12,15-17,20-21H2,1-5H3,(H,36,37)/t38-,42-,43?;26-,28-/m00/s1. The summed E-state index contributed by atoms with van der Waals surface area (Å²) in [4.78, 5) is 185. The zero-order chi connectivity index (χ0) is 80.9. The molecule has 5 aromatic rings. The van der Waals surface area contributed by atoms with Crippen molar-refractivity contribution in [1.82, 2.24) is 25.3 Å². The number of piperidine rings is 3. The van der Waals surface area contributed by atoms with E-state index in [1.54, 1.807) is 45.9 Å². The van der Waals surface area contributed by atoms with Crippen molar-refractivity contribution >= 4 is 87.8 Å². The van der Waals surface area contributed by atoms with Crippen LogP contribution in [0.4, 0.5) is 5.69 Å². The molecule has 0 bridgehead atoms. The molecule has 0 saturated carbocycles. The van der Waals surface area contributed by atoms with E-state index in [0.29, 0.717) is 95.3 Å². The van der Waals surface area contributed by atoms with E-state index < -0.39 is 88.5 Å². The number of aliphatic carboxylic acids is 1. The van der Waals surface area contributed by atoms with Gasteiger partial charge in [0, 0.05) is 74.7 Å². The number of likely N-dealkylation sites (tertiary alicyclic amines) is 2. The molecule has 0 aliphatic carbocycles. The molecule has 111 heavy (non-hydrogen) atoms. The Balaban J connectivity index is 0.000000327. The first-order valence-electron chi connectivity index (χ1n) is 39.3. The number of fused-ring (bicyclic) bond motifs is 1. The molecule has 5 aromatic carbocycles. The Morgan fingerprint density at radius 1 is 0.568 bits per heavy atom. The largest absolute Gasteiger partial charge is 0.485 e. The van der Waals surface area contributed by atoms with Gasteiger partial charge in [0.1, 0.15) is 24.1 Å². The third kappa shape index (κ3) is 23.6. The quantitative estimate of drug-likeness (QED) is 0.0163. The number of Topliss-reactive ketones (excluding diaryl/α,β-unsaturated/α-hetero) is 5. The average molecular weight is 1520 g/mol. The summed E-state index contributed by atoms with van der Waals surface area (Å²) in [6.07, 6.45) is 10.2. The third-order valence-corrected chi connectivity index (χ3v) is 22.4. The van der Waals surface area contributed by atoms with E-state index in [4.69, 9.17) is 14.6 Å². The molecule has 5 atom stereocenters. The van der Waals surface area contributed by atoms with Crippen molar-refractivity contribution < 1.29 is 81.7 Å². The summed E-state index contributed by atoms with van der Waals surface area (Å²) in [6, 6.07) is 29.4. The Morgan fingerprint density at radius 3 is 1.65 bits per heavy atom. The number of hydrogen-bond donors (Lipinski definition) is 4. The van der Waals surface area contributed by atoms with Crippen molar-refractivity contribution in [2.24, 2.45) is 10.8 Å². The predicted octanol–water partition coefficient (Wildman–Crippen LogP) is 12.6. The Hall–Kier alpha value is -10.3. The van der Waals surface area contributed by atoms with Crippen LogP contribution in [-0.4, -0.2) is 153 Å². The molecule has 23 heteroatoms. The van der Waals surface area contributed by atoms with Crippen molar-refractivity contribution in [3.63, 3.8) is 0 Å². The highest BCUT2D eigenvalue weighted by atomic mass is 16.5. The van der Waals surface area contributed by atoms with E-state index in [0.717, 1.165) is 53.7 Å². The van der Waals surface area contributed by atoms with Crippen LogP contribution in [0.25, 0.3) is 0 Å². The van der Waals surface area contributed by atoms with Crippen molar-refractivity contribution in [2.75, 3.05) is 38.2 Å².